The first-order chi connectivity index (χ1) is 31.5. The first kappa shape index (κ1) is 71.3. The van der Waals surface area contributed by atoms with Gasteiger partial charge in [-0.25, -0.2) is 9.59 Å². The molecular formula is C44H63F5Na2O18S2. The van der Waals surface area contributed by atoms with E-state index in [2.05, 4.69) is 13.2 Å². The van der Waals surface area contributed by atoms with Crippen molar-refractivity contribution in [2.45, 2.75) is 135 Å². The summed E-state index contributed by atoms with van der Waals surface area (Å²) in [6.07, 6.45) is 7.21. The van der Waals surface area contributed by atoms with Crippen LogP contribution in [-0.2, 0) is 78.0 Å². The van der Waals surface area contributed by atoms with Gasteiger partial charge in [-0.3, -0.25) is 0 Å². The Kier molecular flexibility index (Phi) is 32.1. The average Bonchev–Trinajstić information content (AvgIpc) is 3.18. The van der Waals surface area contributed by atoms with E-state index in [0.717, 1.165) is 51.4 Å². The Morgan fingerprint density at radius 3 is 1.25 bits per heavy atom. The van der Waals surface area contributed by atoms with Crippen LogP contribution < -0.4 is 59.1 Å². The molecule has 71 heavy (non-hydrogen) atoms. The van der Waals surface area contributed by atoms with E-state index in [1.54, 1.807) is 20.8 Å². The van der Waals surface area contributed by atoms with E-state index in [4.69, 9.17) is 60.2 Å². The fraction of sp³-hybridized carbons (Fsp3) is 0.795. The number of carbonyl (C=O) groups excluding carboxylic acids is 6. The van der Waals surface area contributed by atoms with Crippen molar-refractivity contribution < 1.29 is 164 Å². The van der Waals surface area contributed by atoms with Crippen LogP contribution in [0.4, 0.5) is 21.4 Å². The number of carbonyl (C=O) groups is 2. The summed E-state index contributed by atoms with van der Waals surface area (Å²) in [4.78, 5) is 55.2. The third-order valence-electron chi connectivity index (χ3n) is 13.3. The van der Waals surface area contributed by atoms with E-state index < -0.39 is 68.9 Å². The number of esters is 2. The van der Waals surface area contributed by atoms with Gasteiger partial charge in [-0.15, -0.1) is 19.0 Å². The first-order valence-corrected chi connectivity index (χ1v) is 24.3. The number of hydrogen-bond donors (Lipinski definition) is 0. The van der Waals surface area contributed by atoms with Crippen molar-refractivity contribution >= 4 is 45.1 Å². The second-order valence-electron chi connectivity index (χ2n) is 19.4. The third kappa shape index (κ3) is 23.7. The van der Waals surface area contributed by atoms with Crippen molar-refractivity contribution in [1.82, 2.24) is 0 Å². The minimum absolute atomic E-state index is 0. The molecule has 0 amide bonds. The minimum atomic E-state index is -5.94. The Labute approximate surface area is 457 Å². The number of alkyl halides is 2. The van der Waals surface area contributed by atoms with E-state index in [1.165, 1.54) is 6.42 Å². The van der Waals surface area contributed by atoms with E-state index in [1.807, 2.05) is 6.92 Å². The molecule has 8 bridgehead atoms. The van der Waals surface area contributed by atoms with Crippen molar-refractivity contribution in [3.8, 4) is 0 Å². The molecule has 0 saturated heterocycles. The Bertz CT molecular complexity index is 1980. The van der Waals surface area contributed by atoms with Crippen LogP contribution in [0.25, 0.3) is 0 Å². The van der Waals surface area contributed by atoms with Gasteiger partial charge in [-0.05, 0) is 145 Å². The molecular weight excluding hydrogens is 1020 g/mol. The standard InChI is InChI=1S/C21H31F3O6S.C21H31F2O4.2CO2.2Na.O3S.H2O/c1-14(2)18(25)29-5-4-28-15(3)30-13-20-9-16-6-17(10-20)8-19(7-16,11-20)12-21(22,23)31(24,26)27;1-14(2)19(24)26-5-4-25-15(3)27-13-21-9-16-6-17(10-21)8-20(7-16,12-21)11-18(22)23;2*2-1-3;;;1-4(2)3;/h15-17H,1,4-13H2,2-3H3;15-17H,1,4-13H2,2-3H3;;;;;;1H2/q;-1;;;2*+1;;/p-1. The van der Waals surface area contributed by atoms with Gasteiger partial charge in [0.05, 0.1) is 26.4 Å². The maximum atomic E-state index is 14.1. The zero-order chi connectivity index (χ0) is 51.7. The van der Waals surface area contributed by atoms with Gasteiger partial charge in [-0.2, -0.15) is 36.4 Å². The maximum Gasteiger partial charge on any atom is 1.00 e. The smallest absolute Gasteiger partial charge is 0.870 e. The minimum Gasteiger partial charge on any atom is -0.870 e. The number of ether oxygens (including phenoxy) is 6. The molecule has 1 N–H and O–H groups in total. The SMILES string of the molecule is C=C(C)C(=O)OCCOC(C)OCC12CC3CC(C1)CC(CC(F)(F)S(=O)(=O)F)(C3)C2.C=C(C)C(=O)OCCOC(C)OCC12CC3CC(C1)CC(C[C-](F)F)(C3)C2.O=C=O.O=C=O.O=S(=O)=O.[Na+].[Na+].[OH-]. The molecule has 0 aromatic carbocycles. The second kappa shape index (κ2) is 31.9. The number of halogens is 5. The van der Waals surface area contributed by atoms with Crippen molar-refractivity contribution in [3.05, 3.63) is 30.7 Å². The Morgan fingerprint density at radius 1 is 0.662 bits per heavy atom. The summed E-state index contributed by atoms with van der Waals surface area (Å²) in [6.45, 7) is 15.2. The molecule has 18 nitrogen and oxygen atoms in total. The van der Waals surface area contributed by atoms with Crippen LogP contribution >= 0.6 is 0 Å². The summed E-state index contributed by atoms with van der Waals surface area (Å²) in [6, 6.07) is 0. The topological polar surface area (TPSA) is 273 Å². The number of rotatable bonds is 21. The van der Waals surface area contributed by atoms with E-state index in [-0.39, 0.29) is 138 Å². The average molecular weight is 1090 g/mol. The van der Waals surface area contributed by atoms with E-state index >= 15 is 0 Å². The van der Waals surface area contributed by atoms with Crippen molar-refractivity contribution in [2.75, 3.05) is 39.6 Å². The predicted molar refractivity (Wildman–Crippen MR) is 225 cm³/mol. The summed E-state index contributed by atoms with van der Waals surface area (Å²) in [7, 11) is -9.05. The molecule has 0 aromatic heterocycles. The molecule has 0 heterocycles. The first-order valence-electron chi connectivity index (χ1n) is 21.9. The molecule has 27 heteroatoms. The van der Waals surface area contributed by atoms with Crippen LogP contribution in [0.3, 0.4) is 0 Å². The van der Waals surface area contributed by atoms with Gasteiger partial charge < -0.3 is 42.7 Å². The second-order valence-corrected chi connectivity index (χ2v) is 21.3. The molecule has 396 valence electrons. The fourth-order valence-corrected chi connectivity index (χ4v) is 13.0. The molecule has 0 spiro atoms. The molecule has 8 rings (SSSR count). The zero-order valence-electron chi connectivity index (χ0n) is 41.1. The van der Waals surface area contributed by atoms with Crippen LogP contribution in [0.2, 0.25) is 0 Å². The Morgan fingerprint density at radius 2 is 0.958 bits per heavy atom. The molecule has 6 unspecified atom stereocenters. The van der Waals surface area contributed by atoms with Gasteiger partial charge in [0.1, 0.15) is 13.2 Å². The molecule has 0 aromatic rings. The molecule has 8 aliphatic carbocycles. The Hall–Kier alpha value is -1.80. The largest absolute Gasteiger partial charge is 1.00 e. The van der Waals surface area contributed by atoms with Gasteiger partial charge in [0, 0.05) is 24.0 Å². The van der Waals surface area contributed by atoms with E-state index in [9.17, 15) is 39.5 Å². The Balaban J connectivity index is 0. The van der Waals surface area contributed by atoms with Gasteiger partial charge in [-0.1, -0.05) is 22.5 Å². The molecule has 8 fully saturated rings. The molecule has 0 radical (unpaired) electrons. The van der Waals surface area contributed by atoms with Crippen molar-refractivity contribution in [1.29, 1.82) is 0 Å². The zero-order valence-corrected chi connectivity index (χ0v) is 46.7. The fourth-order valence-electron chi connectivity index (χ4n) is 12.5. The quantitative estimate of drug-likeness (QED) is 0.0226. The third-order valence-corrected chi connectivity index (χ3v) is 14.2. The van der Waals surface area contributed by atoms with Crippen LogP contribution in [-0.4, -0.2) is 108 Å². The van der Waals surface area contributed by atoms with Crippen LogP contribution in [0.1, 0.15) is 118 Å². The van der Waals surface area contributed by atoms with E-state index in [0.29, 0.717) is 55.5 Å². The summed E-state index contributed by atoms with van der Waals surface area (Å²) in [5, 5.41) is -4.36. The van der Waals surface area contributed by atoms with Crippen LogP contribution in [0, 0.1) is 51.8 Å². The normalized spacial score (nSPS) is 28.6. The summed E-state index contributed by atoms with van der Waals surface area (Å²) < 4.78 is 148. The number of hydrogen-bond acceptors (Lipinski definition) is 18. The van der Waals surface area contributed by atoms with Gasteiger partial charge in [0.15, 0.2) is 12.6 Å². The monoisotopic (exact) mass is 1080 g/mol. The summed E-state index contributed by atoms with van der Waals surface area (Å²) in [5.41, 5.74) is -0.749. The maximum absolute atomic E-state index is 14.1. The van der Waals surface area contributed by atoms with Crippen molar-refractivity contribution in [3.63, 3.8) is 0 Å². The molecule has 0 aliphatic heterocycles. The van der Waals surface area contributed by atoms with Crippen LogP contribution in [0.15, 0.2) is 24.3 Å². The summed E-state index contributed by atoms with van der Waals surface area (Å²) >= 11 is 0. The van der Waals surface area contributed by atoms with Gasteiger partial charge in [0.25, 0.3) is 0 Å². The molecule has 6 atom stereocenters. The van der Waals surface area contributed by atoms with Crippen LogP contribution in [0.5, 0.6) is 0 Å². The van der Waals surface area contributed by atoms with Crippen molar-refractivity contribution in [2.24, 2.45) is 45.3 Å². The summed E-state index contributed by atoms with van der Waals surface area (Å²) in [5.74, 6) is 0.645. The predicted octanol–water partition coefficient (Wildman–Crippen LogP) is 0.904. The van der Waals surface area contributed by atoms with Gasteiger partial charge in [0.2, 0.25) is 0 Å². The molecule has 8 aliphatic rings. The van der Waals surface area contributed by atoms with Gasteiger partial charge >= 0.3 is 109 Å². The molecule has 8 saturated carbocycles.